The molecule has 1 aromatic carbocycles. The summed E-state index contributed by atoms with van der Waals surface area (Å²) in [5.41, 5.74) is 0.721. The van der Waals surface area contributed by atoms with Gasteiger partial charge in [-0.2, -0.15) is 13.2 Å². The van der Waals surface area contributed by atoms with E-state index in [1.807, 2.05) is 12.1 Å². The normalized spacial score (nSPS) is 11.1. The van der Waals surface area contributed by atoms with Crippen molar-refractivity contribution in [2.24, 2.45) is 0 Å². The smallest absolute Gasteiger partial charge is 0.364 e. The third-order valence-corrected chi connectivity index (χ3v) is 3.74. The number of carbonyl (C=O) groups is 1. The Labute approximate surface area is 153 Å². The van der Waals surface area contributed by atoms with E-state index < -0.39 is 17.6 Å². The summed E-state index contributed by atoms with van der Waals surface area (Å²) in [6.45, 7) is 0.475. The average molecular weight is 372 g/mol. The molecule has 0 unspecified atom stereocenters. The molecule has 5 nitrogen and oxygen atoms in total. The molecule has 0 atom stereocenters. The molecule has 2 aromatic heterocycles. The Morgan fingerprint density at radius 1 is 0.963 bits per heavy atom. The van der Waals surface area contributed by atoms with Crippen molar-refractivity contribution in [2.75, 3.05) is 10.6 Å². The monoisotopic (exact) mass is 372 g/mol. The van der Waals surface area contributed by atoms with Gasteiger partial charge in [0.15, 0.2) is 0 Å². The van der Waals surface area contributed by atoms with Crippen molar-refractivity contribution in [3.05, 3.63) is 83.8 Å². The highest BCUT2D eigenvalue weighted by atomic mass is 19.4. The van der Waals surface area contributed by atoms with Crippen molar-refractivity contribution in [2.45, 2.75) is 12.7 Å². The first-order valence-corrected chi connectivity index (χ1v) is 8.00. The predicted octanol–water partition coefficient (Wildman–Crippen LogP) is 4.36. The van der Waals surface area contributed by atoms with Gasteiger partial charge in [-0.3, -0.25) is 9.78 Å². The number of nitrogens with one attached hydrogen (secondary N) is 2. The van der Waals surface area contributed by atoms with Crippen LogP contribution in [0.2, 0.25) is 0 Å². The van der Waals surface area contributed by atoms with Gasteiger partial charge in [-0.15, -0.1) is 0 Å². The maximum atomic E-state index is 12.6. The van der Waals surface area contributed by atoms with Crippen LogP contribution in [-0.4, -0.2) is 15.9 Å². The molecule has 0 spiro atoms. The number of hydrogen-bond donors (Lipinski definition) is 2. The first-order valence-electron chi connectivity index (χ1n) is 8.00. The summed E-state index contributed by atoms with van der Waals surface area (Å²) in [5, 5.41) is 5.78. The van der Waals surface area contributed by atoms with E-state index in [1.54, 1.807) is 30.7 Å². The van der Waals surface area contributed by atoms with Crippen LogP contribution in [0.5, 0.6) is 0 Å². The van der Waals surface area contributed by atoms with Crippen molar-refractivity contribution < 1.29 is 18.0 Å². The van der Waals surface area contributed by atoms with Crippen LogP contribution in [0.3, 0.4) is 0 Å². The number of hydrogen-bond acceptors (Lipinski definition) is 4. The number of rotatable bonds is 5. The van der Waals surface area contributed by atoms with Crippen molar-refractivity contribution in [1.82, 2.24) is 9.97 Å². The van der Waals surface area contributed by atoms with Gasteiger partial charge in [0.1, 0.15) is 5.82 Å². The van der Waals surface area contributed by atoms with Crippen LogP contribution >= 0.6 is 0 Å². The third-order valence-electron chi connectivity index (χ3n) is 3.74. The lowest BCUT2D eigenvalue weighted by Gasteiger charge is -2.12. The van der Waals surface area contributed by atoms with Crippen LogP contribution in [-0.2, 0) is 12.7 Å². The van der Waals surface area contributed by atoms with Gasteiger partial charge < -0.3 is 10.6 Å². The van der Waals surface area contributed by atoms with Gasteiger partial charge in [0, 0.05) is 30.7 Å². The third kappa shape index (κ3) is 4.81. The lowest BCUT2D eigenvalue weighted by Crippen LogP contribution is -2.15. The Morgan fingerprint density at radius 3 is 2.33 bits per heavy atom. The molecule has 0 saturated carbocycles. The zero-order valence-electron chi connectivity index (χ0n) is 14.0. The van der Waals surface area contributed by atoms with E-state index in [0.717, 1.165) is 29.8 Å². The van der Waals surface area contributed by atoms with E-state index in [2.05, 4.69) is 20.6 Å². The van der Waals surface area contributed by atoms with Crippen LogP contribution in [0.4, 0.5) is 24.7 Å². The molecule has 0 fully saturated rings. The maximum absolute atomic E-state index is 12.6. The van der Waals surface area contributed by atoms with E-state index in [1.165, 1.54) is 0 Å². The highest BCUT2D eigenvalue weighted by Crippen LogP contribution is 2.29. The SMILES string of the molecule is O=C(Nc1cccnc1NCc1ccncc1)c1ccc(C(F)(F)F)cc1. The van der Waals surface area contributed by atoms with E-state index in [0.29, 0.717) is 18.1 Å². The number of pyridine rings is 2. The quantitative estimate of drug-likeness (QED) is 0.698. The minimum atomic E-state index is -4.44. The van der Waals surface area contributed by atoms with Crippen molar-refractivity contribution in [3.63, 3.8) is 0 Å². The number of anilines is 2. The molecule has 27 heavy (non-hydrogen) atoms. The van der Waals surface area contributed by atoms with Crippen LogP contribution < -0.4 is 10.6 Å². The van der Waals surface area contributed by atoms with Crippen LogP contribution in [0.1, 0.15) is 21.5 Å². The molecule has 3 rings (SSSR count). The summed E-state index contributed by atoms with van der Waals surface area (Å²) in [4.78, 5) is 20.5. The number of alkyl halides is 3. The Balaban J connectivity index is 1.71. The standard InChI is InChI=1S/C19H15F3N4O/c20-19(21,22)15-5-3-14(4-6-15)18(27)26-16-2-1-9-24-17(16)25-12-13-7-10-23-11-8-13/h1-11H,12H2,(H,24,25)(H,26,27). The van der Waals surface area contributed by atoms with E-state index in [4.69, 9.17) is 0 Å². The zero-order valence-corrected chi connectivity index (χ0v) is 14.0. The number of benzene rings is 1. The molecule has 1 amide bonds. The van der Waals surface area contributed by atoms with Gasteiger partial charge in [-0.25, -0.2) is 4.98 Å². The fourth-order valence-electron chi connectivity index (χ4n) is 2.34. The van der Waals surface area contributed by atoms with Crippen molar-refractivity contribution in [3.8, 4) is 0 Å². The molecule has 0 saturated heterocycles. The summed E-state index contributed by atoms with van der Waals surface area (Å²) in [5.74, 6) is -0.0711. The number of halogens is 3. The summed E-state index contributed by atoms with van der Waals surface area (Å²) in [6, 6.07) is 11.0. The highest BCUT2D eigenvalue weighted by molar-refractivity contribution is 6.05. The van der Waals surface area contributed by atoms with Crippen LogP contribution in [0.25, 0.3) is 0 Å². The van der Waals surface area contributed by atoms with E-state index in [9.17, 15) is 18.0 Å². The Kier molecular flexibility index (Phi) is 5.35. The summed E-state index contributed by atoms with van der Waals surface area (Å²) in [6.07, 6.45) is 0.469. The summed E-state index contributed by atoms with van der Waals surface area (Å²) in [7, 11) is 0. The lowest BCUT2D eigenvalue weighted by atomic mass is 10.1. The van der Waals surface area contributed by atoms with Gasteiger partial charge in [0.2, 0.25) is 0 Å². The number of nitrogens with zero attached hydrogens (tertiary/aromatic N) is 2. The second kappa shape index (κ2) is 7.86. The van der Waals surface area contributed by atoms with Gasteiger partial charge in [-0.1, -0.05) is 0 Å². The fourth-order valence-corrected chi connectivity index (χ4v) is 2.34. The largest absolute Gasteiger partial charge is 0.416 e. The summed E-state index contributed by atoms with van der Waals surface area (Å²) < 4.78 is 37.9. The molecule has 8 heteroatoms. The van der Waals surface area contributed by atoms with Crippen molar-refractivity contribution in [1.29, 1.82) is 0 Å². The molecule has 0 aliphatic heterocycles. The second-order valence-corrected chi connectivity index (χ2v) is 5.64. The van der Waals surface area contributed by atoms with Crippen LogP contribution in [0.15, 0.2) is 67.1 Å². The molecular formula is C19H15F3N4O. The van der Waals surface area contributed by atoms with Gasteiger partial charge in [-0.05, 0) is 54.1 Å². The van der Waals surface area contributed by atoms with Crippen molar-refractivity contribution >= 4 is 17.4 Å². The number of carbonyl (C=O) groups excluding carboxylic acids is 1. The molecule has 2 heterocycles. The topological polar surface area (TPSA) is 66.9 Å². The van der Waals surface area contributed by atoms with Crippen LogP contribution in [0, 0.1) is 0 Å². The van der Waals surface area contributed by atoms with Gasteiger partial charge >= 0.3 is 6.18 Å². The molecule has 3 aromatic rings. The fraction of sp³-hybridized carbons (Fsp3) is 0.105. The zero-order chi connectivity index (χ0) is 19.3. The Hall–Kier alpha value is -3.42. The maximum Gasteiger partial charge on any atom is 0.416 e. The minimum Gasteiger partial charge on any atom is -0.364 e. The molecule has 0 aliphatic rings. The Morgan fingerprint density at radius 2 is 1.67 bits per heavy atom. The lowest BCUT2D eigenvalue weighted by molar-refractivity contribution is -0.137. The molecule has 2 N–H and O–H groups in total. The predicted molar refractivity (Wildman–Crippen MR) is 95.2 cm³/mol. The van der Waals surface area contributed by atoms with Gasteiger partial charge in [0.25, 0.3) is 5.91 Å². The van der Waals surface area contributed by atoms with E-state index >= 15 is 0 Å². The Bertz CT molecular complexity index is 912. The first-order chi connectivity index (χ1) is 12.9. The molecular weight excluding hydrogens is 357 g/mol. The minimum absolute atomic E-state index is 0.118. The second-order valence-electron chi connectivity index (χ2n) is 5.64. The van der Waals surface area contributed by atoms with Gasteiger partial charge in [0.05, 0.1) is 11.3 Å². The molecule has 138 valence electrons. The number of aromatic nitrogens is 2. The molecule has 0 radical (unpaired) electrons. The average Bonchev–Trinajstić information content (AvgIpc) is 2.67. The number of amides is 1. The summed E-state index contributed by atoms with van der Waals surface area (Å²) >= 11 is 0. The molecule has 0 aliphatic carbocycles. The van der Waals surface area contributed by atoms with E-state index in [-0.39, 0.29) is 5.56 Å². The highest BCUT2D eigenvalue weighted by Gasteiger charge is 2.30. The molecule has 0 bridgehead atoms. The first kappa shape index (κ1) is 18.4.